The maximum Gasteiger partial charge on any atom is 0.269 e. The number of rotatable bonds is 3. The van der Waals surface area contributed by atoms with E-state index in [0.29, 0.717) is 12.2 Å². The van der Waals surface area contributed by atoms with E-state index in [1.807, 2.05) is 11.4 Å². The Balaban J connectivity index is 1.99. The lowest BCUT2D eigenvalue weighted by Gasteiger charge is -2.04. The second-order valence-electron chi connectivity index (χ2n) is 3.21. The number of nitrogens with one attached hydrogen (secondary N) is 1. The van der Waals surface area contributed by atoms with Gasteiger partial charge in [0.25, 0.3) is 5.91 Å². The maximum atomic E-state index is 11.8. The van der Waals surface area contributed by atoms with Gasteiger partial charge in [-0.25, -0.2) is 0 Å². The summed E-state index contributed by atoms with van der Waals surface area (Å²) in [6.07, 6.45) is 1.61. The zero-order chi connectivity index (χ0) is 11.5. The molecule has 1 N–H and O–H groups in total. The standard InChI is InChI=1S/C10H10BrN3OS/c1-14-8(2-4-13-14)10(15)12-6-9-7(11)3-5-16-9/h2-5H,6H2,1H3,(H,12,15). The van der Waals surface area contributed by atoms with E-state index in [0.717, 1.165) is 9.35 Å². The molecule has 2 heterocycles. The Hall–Kier alpha value is -1.14. The van der Waals surface area contributed by atoms with Gasteiger partial charge < -0.3 is 5.32 Å². The lowest BCUT2D eigenvalue weighted by atomic mass is 10.4. The van der Waals surface area contributed by atoms with Crippen molar-refractivity contribution in [3.8, 4) is 0 Å². The molecule has 84 valence electrons. The van der Waals surface area contributed by atoms with Crippen LogP contribution in [-0.2, 0) is 13.6 Å². The molecule has 2 aromatic rings. The topological polar surface area (TPSA) is 46.9 Å². The lowest BCUT2D eigenvalue weighted by Crippen LogP contribution is -2.24. The van der Waals surface area contributed by atoms with Gasteiger partial charge in [0.05, 0.1) is 6.54 Å². The van der Waals surface area contributed by atoms with E-state index in [9.17, 15) is 4.79 Å². The summed E-state index contributed by atoms with van der Waals surface area (Å²) in [5.41, 5.74) is 0.563. The Kier molecular flexibility index (Phi) is 3.40. The monoisotopic (exact) mass is 299 g/mol. The van der Waals surface area contributed by atoms with Gasteiger partial charge in [0.2, 0.25) is 0 Å². The van der Waals surface area contributed by atoms with Gasteiger partial charge in [-0.05, 0) is 33.4 Å². The van der Waals surface area contributed by atoms with Crippen LogP contribution < -0.4 is 5.32 Å². The second-order valence-corrected chi connectivity index (χ2v) is 5.07. The van der Waals surface area contributed by atoms with Gasteiger partial charge in [0.15, 0.2) is 0 Å². The summed E-state index contributed by atoms with van der Waals surface area (Å²) in [6, 6.07) is 3.66. The SMILES string of the molecule is Cn1nccc1C(=O)NCc1sccc1Br. The Morgan fingerprint density at radius 1 is 1.62 bits per heavy atom. The lowest BCUT2D eigenvalue weighted by molar-refractivity contribution is 0.0942. The Morgan fingerprint density at radius 2 is 2.44 bits per heavy atom. The number of hydrogen-bond donors (Lipinski definition) is 1. The number of halogens is 1. The number of carbonyl (C=O) groups excluding carboxylic acids is 1. The van der Waals surface area contributed by atoms with E-state index in [1.165, 1.54) is 0 Å². The number of carbonyl (C=O) groups is 1. The fourth-order valence-corrected chi connectivity index (χ4v) is 2.73. The molecule has 0 aliphatic carbocycles. The van der Waals surface area contributed by atoms with Crippen molar-refractivity contribution >= 4 is 33.2 Å². The summed E-state index contributed by atoms with van der Waals surface area (Å²) in [6.45, 7) is 0.530. The molecule has 0 unspecified atom stereocenters. The number of nitrogens with zero attached hydrogens (tertiary/aromatic N) is 2. The summed E-state index contributed by atoms with van der Waals surface area (Å²) < 4.78 is 2.58. The van der Waals surface area contributed by atoms with Crippen LogP contribution in [0.3, 0.4) is 0 Å². The smallest absolute Gasteiger partial charge is 0.269 e. The molecule has 0 spiro atoms. The molecular weight excluding hydrogens is 290 g/mol. The van der Waals surface area contributed by atoms with E-state index >= 15 is 0 Å². The third-order valence-electron chi connectivity index (χ3n) is 2.15. The van der Waals surface area contributed by atoms with Crippen molar-refractivity contribution in [3.63, 3.8) is 0 Å². The fourth-order valence-electron chi connectivity index (χ4n) is 1.30. The molecule has 0 aliphatic heterocycles. The van der Waals surface area contributed by atoms with Crippen molar-refractivity contribution in [3.05, 3.63) is 38.8 Å². The van der Waals surface area contributed by atoms with Gasteiger partial charge >= 0.3 is 0 Å². The molecule has 0 fully saturated rings. The summed E-state index contributed by atoms with van der Waals surface area (Å²) in [5.74, 6) is -0.111. The summed E-state index contributed by atoms with van der Waals surface area (Å²) in [5, 5.41) is 8.78. The molecule has 0 aromatic carbocycles. The normalized spacial score (nSPS) is 10.4. The average Bonchev–Trinajstić information content (AvgIpc) is 2.84. The van der Waals surface area contributed by atoms with E-state index in [2.05, 4.69) is 26.3 Å². The van der Waals surface area contributed by atoms with E-state index < -0.39 is 0 Å². The van der Waals surface area contributed by atoms with Crippen molar-refractivity contribution in [1.82, 2.24) is 15.1 Å². The third-order valence-corrected chi connectivity index (χ3v) is 4.08. The quantitative estimate of drug-likeness (QED) is 0.944. The molecule has 0 bridgehead atoms. The summed E-state index contributed by atoms with van der Waals surface area (Å²) in [7, 11) is 1.75. The molecule has 1 amide bonds. The Bertz CT molecular complexity index is 506. The van der Waals surface area contributed by atoms with Gasteiger partial charge in [0.1, 0.15) is 5.69 Å². The fraction of sp³-hybridized carbons (Fsp3) is 0.200. The number of hydrogen-bond acceptors (Lipinski definition) is 3. The molecule has 2 rings (SSSR count). The van der Waals surface area contributed by atoms with Crippen molar-refractivity contribution in [2.45, 2.75) is 6.54 Å². The molecule has 0 radical (unpaired) electrons. The van der Waals surface area contributed by atoms with Crippen LogP contribution in [0.1, 0.15) is 15.4 Å². The first-order chi connectivity index (χ1) is 7.68. The van der Waals surface area contributed by atoms with Crippen LogP contribution in [0.4, 0.5) is 0 Å². The van der Waals surface area contributed by atoms with Crippen LogP contribution in [0.2, 0.25) is 0 Å². The van der Waals surface area contributed by atoms with Crippen LogP contribution in [0.25, 0.3) is 0 Å². The number of aromatic nitrogens is 2. The Morgan fingerprint density at radius 3 is 3.00 bits per heavy atom. The minimum absolute atomic E-state index is 0.111. The number of thiophene rings is 1. The highest BCUT2D eigenvalue weighted by molar-refractivity contribution is 9.10. The zero-order valence-corrected chi connectivity index (χ0v) is 11.0. The number of aryl methyl sites for hydroxylation is 1. The van der Waals surface area contributed by atoms with Gasteiger partial charge in [-0.1, -0.05) is 0 Å². The average molecular weight is 300 g/mol. The van der Waals surface area contributed by atoms with Gasteiger partial charge in [0, 0.05) is 22.6 Å². The molecule has 0 atom stereocenters. The predicted octanol–water partition coefficient (Wildman–Crippen LogP) is 2.17. The van der Waals surface area contributed by atoms with Crippen molar-refractivity contribution < 1.29 is 4.79 Å². The summed E-state index contributed by atoms with van der Waals surface area (Å²) >= 11 is 5.03. The third kappa shape index (κ3) is 2.33. The molecule has 0 saturated carbocycles. The largest absolute Gasteiger partial charge is 0.346 e. The van der Waals surface area contributed by atoms with E-state index in [4.69, 9.17) is 0 Å². The molecule has 6 heteroatoms. The van der Waals surface area contributed by atoms with Crippen LogP contribution in [0, 0.1) is 0 Å². The van der Waals surface area contributed by atoms with E-state index in [1.54, 1.807) is 35.3 Å². The van der Waals surface area contributed by atoms with Crippen molar-refractivity contribution in [2.24, 2.45) is 7.05 Å². The van der Waals surface area contributed by atoms with E-state index in [-0.39, 0.29) is 5.91 Å². The summed E-state index contributed by atoms with van der Waals surface area (Å²) in [4.78, 5) is 12.9. The zero-order valence-electron chi connectivity index (χ0n) is 8.61. The highest BCUT2D eigenvalue weighted by Crippen LogP contribution is 2.22. The van der Waals surface area contributed by atoms with Crippen LogP contribution in [-0.4, -0.2) is 15.7 Å². The first kappa shape index (κ1) is 11.3. The van der Waals surface area contributed by atoms with Crippen LogP contribution >= 0.6 is 27.3 Å². The molecule has 4 nitrogen and oxygen atoms in total. The second kappa shape index (κ2) is 4.80. The minimum atomic E-state index is -0.111. The highest BCUT2D eigenvalue weighted by atomic mass is 79.9. The van der Waals surface area contributed by atoms with Crippen LogP contribution in [0.15, 0.2) is 28.2 Å². The van der Waals surface area contributed by atoms with Gasteiger partial charge in [-0.2, -0.15) is 5.10 Å². The highest BCUT2D eigenvalue weighted by Gasteiger charge is 2.10. The van der Waals surface area contributed by atoms with Gasteiger partial charge in [-0.3, -0.25) is 9.48 Å². The molecular formula is C10H10BrN3OS. The van der Waals surface area contributed by atoms with Crippen molar-refractivity contribution in [1.29, 1.82) is 0 Å². The molecule has 16 heavy (non-hydrogen) atoms. The number of amides is 1. The molecule has 0 aliphatic rings. The predicted molar refractivity (Wildman–Crippen MR) is 66.4 cm³/mol. The first-order valence-electron chi connectivity index (χ1n) is 4.66. The Labute approximate surface area is 105 Å². The first-order valence-corrected chi connectivity index (χ1v) is 6.34. The molecule has 0 saturated heterocycles. The minimum Gasteiger partial charge on any atom is -0.346 e. The van der Waals surface area contributed by atoms with Crippen molar-refractivity contribution in [2.75, 3.05) is 0 Å². The van der Waals surface area contributed by atoms with Crippen LogP contribution in [0.5, 0.6) is 0 Å². The maximum absolute atomic E-state index is 11.8. The molecule has 2 aromatic heterocycles. The van der Waals surface area contributed by atoms with Gasteiger partial charge in [-0.15, -0.1) is 11.3 Å².